The molecule has 1 fully saturated rings. The van der Waals surface area contributed by atoms with E-state index in [2.05, 4.69) is 25.2 Å². The number of aryl methyl sites for hydroxylation is 1. The predicted molar refractivity (Wildman–Crippen MR) is 74.1 cm³/mol. The third kappa shape index (κ3) is 2.59. The van der Waals surface area contributed by atoms with Gasteiger partial charge in [0.15, 0.2) is 0 Å². The maximum atomic E-state index is 13.7. The third-order valence-electron chi connectivity index (χ3n) is 4.23. The molecule has 1 heterocycles. The lowest BCUT2D eigenvalue weighted by molar-refractivity contribution is 0.230. The molecule has 2 heteroatoms. The largest absolute Gasteiger partial charge is 0.307 e. The first kappa shape index (κ1) is 13.5. The Kier molecular flexibility index (Phi) is 4.06. The molecule has 1 aromatic rings. The van der Waals surface area contributed by atoms with Crippen molar-refractivity contribution in [1.82, 2.24) is 5.32 Å². The van der Waals surface area contributed by atoms with E-state index < -0.39 is 0 Å². The molecule has 0 aliphatic carbocycles. The Morgan fingerprint density at radius 2 is 1.94 bits per heavy atom. The molecule has 1 unspecified atom stereocenters. The van der Waals surface area contributed by atoms with Crippen LogP contribution >= 0.6 is 0 Å². The first-order valence-electron chi connectivity index (χ1n) is 7.07. The lowest BCUT2D eigenvalue weighted by Crippen LogP contribution is -2.46. The summed E-state index contributed by atoms with van der Waals surface area (Å²) in [7, 11) is 0. The van der Waals surface area contributed by atoms with Crippen LogP contribution in [0.5, 0.6) is 0 Å². The van der Waals surface area contributed by atoms with Crippen molar-refractivity contribution in [2.75, 3.05) is 6.54 Å². The molecule has 1 aliphatic rings. The summed E-state index contributed by atoms with van der Waals surface area (Å²) in [5, 5.41) is 3.70. The van der Waals surface area contributed by atoms with Crippen LogP contribution in [-0.4, -0.2) is 6.54 Å². The minimum absolute atomic E-state index is 0.0522. The van der Waals surface area contributed by atoms with E-state index in [1.165, 1.54) is 19.3 Å². The molecule has 18 heavy (non-hydrogen) atoms. The van der Waals surface area contributed by atoms with Crippen molar-refractivity contribution in [2.45, 2.75) is 52.0 Å². The first-order chi connectivity index (χ1) is 8.54. The number of rotatable bonds is 2. The van der Waals surface area contributed by atoms with Gasteiger partial charge in [0.2, 0.25) is 0 Å². The van der Waals surface area contributed by atoms with Crippen LogP contribution in [0.1, 0.15) is 50.7 Å². The molecule has 0 amide bonds. The van der Waals surface area contributed by atoms with Crippen LogP contribution in [0.2, 0.25) is 0 Å². The highest BCUT2D eigenvalue weighted by Gasteiger charge is 2.36. The first-order valence-corrected chi connectivity index (χ1v) is 7.07. The van der Waals surface area contributed by atoms with Crippen LogP contribution in [0.15, 0.2) is 18.2 Å². The summed E-state index contributed by atoms with van der Waals surface area (Å²) in [6, 6.07) is 5.46. The molecule has 1 saturated heterocycles. The van der Waals surface area contributed by atoms with Gasteiger partial charge in [0.25, 0.3) is 0 Å². The van der Waals surface area contributed by atoms with Crippen LogP contribution in [0.3, 0.4) is 0 Å². The van der Waals surface area contributed by atoms with Crippen LogP contribution in [0, 0.1) is 18.7 Å². The number of hydrogen-bond donors (Lipinski definition) is 1. The highest BCUT2D eigenvalue weighted by molar-refractivity contribution is 5.31. The molecule has 0 bridgehead atoms. The molecular weight excluding hydrogens is 225 g/mol. The van der Waals surface area contributed by atoms with Gasteiger partial charge in [0.1, 0.15) is 5.82 Å². The molecule has 0 aromatic heterocycles. The van der Waals surface area contributed by atoms with Gasteiger partial charge in [-0.25, -0.2) is 4.39 Å². The zero-order chi connectivity index (χ0) is 13.2. The second-order valence-corrected chi connectivity index (χ2v) is 5.88. The van der Waals surface area contributed by atoms with E-state index in [0.717, 1.165) is 24.1 Å². The molecule has 0 radical (unpaired) electrons. The molecule has 1 nitrogen and oxygen atoms in total. The second kappa shape index (κ2) is 5.40. The topological polar surface area (TPSA) is 12.0 Å². The van der Waals surface area contributed by atoms with E-state index in [9.17, 15) is 4.39 Å². The van der Waals surface area contributed by atoms with Crippen molar-refractivity contribution in [3.63, 3.8) is 0 Å². The summed E-state index contributed by atoms with van der Waals surface area (Å²) in [6.07, 6.45) is 4.83. The van der Waals surface area contributed by atoms with E-state index in [1.54, 1.807) is 12.1 Å². The number of nitrogens with one attached hydrogen (secondary N) is 1. The van der Waals surface area contributed by atoms with E-state index >= 15 is 0 Å². The summed E-state index contributed by atoms with van der Waals surface area (Å²) in [5.74, 6) is 0.355. The summed E-state index contributed by atoms with van der Waals surface area (Å²) >= 11 is 0. The van der Waals surface area contributed by atoms with E-state index in [4.69, 9.17) is 0 Å². The summed E-state index contributed by atoms with van der Waals surface area (Å²) in [4.78, 5) is 0. The Hall–Kier alpha value is -0.890. The Morgan fingerprint density at radius 1 is 1.17 bits per heavy atom. The average Bonchev–Trinajstić information content (AvgIpc) is 2.53. The van der Waals surface area contributed by atoms with Gasteiger partial charge >= 0.3 is 0 Å². The lowest BCUT2D eigenvalue weighted by Gasteiger charge is -2.39. The van der Waals surface area contributed by atoms with E-state index in [0.29, 0.717) is 5.92 Å². The Labute approximate surface area is 110 Å². The summed E-state index contributed by atoms with van der Waals surface area (Å²) in [6.45, 7) is 7.47. The standard InChI is InChI=1S/C16H24FN/c1-12(2)16(7-5-4-6-8-18-16)14-9-13(3)10-15(17)11-14/h9-12,18H,4-8H2,1-3H3. The van der Waals surface area contributed by atoms with Crippen molar-refractivity contribution in [2.24, 2.45) is 5.92 Å². The minimum Gasteiger partial charge on any atom is -0.307 e. The van der Waals surface area contributed by atoms with Gasteiger partial charge in [-0.3, -0.25) is 0 Å². The highest BCUT2D eigenvalue weighted by atomic mass is 19.1. The Bertz CT molecular complexity index is 383. The summed E-state index contributed by atoms with van der Waals surface area (Å²) in [5.41, 5.74) is 2.08. The molecule has 0 saturated carbocycles. The molecule has 1 N–H and O–H groups in total. The molecular formula is C16H24FN. The van der Waals surface area contributed by atoms with Gasteiger partial charge in [-0.15, -0.1) is 0 Å². The predicted octanol–water partition coefficient (Wildman–Crippen LogP) is 4.15. The highest BCUT2D eigenvalue weighted by Crippen LogP contribution is 2.37. The van der Waals surface area contributed by atoms with Gasteiger partial charge in [-0.2, -0.15) is 0 Å². The van der Waals surface area contributed by atoms with Crippen molar-refractivity contribution in [3.05, 3.63) is 35.1 Å². The van der Waals surface area contributed by atoms with Crippen molar-refractivity contribution in [1.29, 1.82) is 0 Å². The molecule has 100 valence electrons. The van der Waals surface area contributed by atoms with Crippen molar-refractivity contribution >= 4 is 0 Å². The normalized spacial score (nSPS) is 25.2. The SMILES string of the molecule is Cc1cc(F)cc(C2(C(C)C)CCCCCN2)c1. The quantitative estimate of drug-likeness (QED) is 0.830. The minimum atomic E-state index is -0.115. The molecule has 2 rings (SSSR count). The van der Waals surface area contributed by atoms with Crippen LogP contribution < -0.4 is 5.32 Å². The molecule has 1 aromatic carbocycles. The van der Waals surface area contributed by atoms with E-state index in [1.807, 2.05) is 6.92 Å². The fraction of sp³-hybridized carbons (Fsp3) is 0.625. The van der Waals surface area contributed by atoms with Gasteiger partial charge in [0, 0.05) is 5.54 Å². The van der Waals surface area contributed by atoms with Crippen LogP contribution in [-0.2, 0) is 5.54 Å². The zero-order valence-electron chi connectivity index (χ0n) is 11.7. The molecule has 1 aliphatic heterocycles. The van der Waals surface area contributed by atoms with Gasteiger partial charge in [0.05, 0.1) is 0 Å². The number of halogens is 1. The smallest absolute Gasteiger partial charge is 0.123 e. The number of hydrogen-bond acceptors (Lipinski definition) is 1. The second-order valence-electron chi connectivity index (χ2n) is 5.88. The maximum Gasteiger partial charge on any atom is 0.123 e. The number of benzene rings is 1. The fourth-order valence-corrected chi connectivity index (χ4v) is 3.17. The van der Waals surface area contributed by atoms with Crippen molar-refractivity contribution < 1.29 is 4.39 Å². The van der Waals surface area contributed by atoms with Crippen LogP contribution in [0.25, 0.3) is 0 Å². The van der Waals surface area contributed by atoms with Gasteiger partial charge in [-0.05, 0) is 55.5 Å². The van der Waals surface area contributed by atoms with Gasteiger partial charge < -0.3 is 5.32 Å². The zero-order valence-corrected chi connectivity index (χ0v) is 11.7. The molecule has 0 spiro atoms. The average molecular weight is 249 g/mol. The summed E-state index contributed by atoms with van der Waals surface area (Å²) < 4.78 is 13.7. The maximum absolute atomic E-state index is 13.7. The lowest BCUT2D eigenvalue weighted by atomic mass is 9.76. The van der Waals surface area contributed by atoms with Crippen molar-refractivity contribution in [3.8, 4) is 0 Å². The fourth-order valence-electron chi connectivity index (χ4n) is 3.17. The Balaban J connectivity index is 2.45. The van der Waals surface area contributed by atoms with Gasteiger partial charge in [-0.1, -0.05) is 32.8 Å². The Morgan fingerprint density at radius 3 is 2.61 bits per heavy atom. The third-order valence-corrected chi connectivity index (χ3v) is 4.23. The monoisotopic (exact) mass is 249 g/mol. The molecule has 1 atom stereocenters. The van der Waals surface area contributed by atoms with E-state index in [-0.39, 0.29) is 11.4 Å². The van der Waals surface area contributed by atoms with Crippen LogP contribution in [0.4, 0.5) is 4.39 Å².